The molecule has 1 fully saturated rings. The summed E-state index contributed by atoms with van der Waals surface area (Å²) >= 11 is 3.27. The van der Waals surface area contributed by atoms with Gasteiger partial charge >= 0.3 is 0 Å². The van der Waals surface area contributed by atoms with E-state index in [0.29, 0.717) is 13.0 Å². The van der Waals surface area contributed by atoms with Gasteiger partial charge in [0, 0.05) is 31.2 Å². The van der Waals surface area contributed by atoms with Crippen molar-refractivity contribution in [2.45, 2.75) is 25.7 Å². The van der Waals surface area contributed by atoms with Gasteiger partial charge in [-0.3, -0.25) is 4.99 Å². The summed E-state index contributed by atoms with van der Waals surface area (Å²) in [5, 5.41) is 6.45. The topological polar surface area (TPSA) is 45.7 Å². The zero-order chi connectivity index (χ0) is 16.5. The van der Waals surface area contributed by atoms with Gasteiger partial charge in [0.15, 0.2) is 5.96 Å². The Morgan fingerprint density at radius 1 is 1.33 bits per heavy atom. The van der Waals surface area contributed by atoms with Gasteiger partial charge in [-0.05, 0) is 49.3 Å². The fourth-order valence-electron chi connectivity index (χ4n) is 2.21. The summed E-state index contributed by atoms with van der Waals surface area (Å²) in [6, 6.07) is 5.20. The summed E-state index contributed by atoms with van der Waals surface area (Å²) < 4.78 is 20.0. The molecule has 1 saturated carbocycles. The van der Waals surface area contributed by atoms with E-state index in [1.54, 1.807) is 7.05 Å². The summed E-state index contributed by atoms with van der Waals surface area (Å²) in [5.41, 5.74) is 0.742. The molecule has 0 atom stereocenters. The number of hydrogen-bond donors (Lipinski definition) is 2. The van der Waals surface area contributed by atoms with E-state index in [2.05, 4.69) is 31.6 Å². The molecule has 4 nitrogen and oxygen atoms in total. The smallest absolute Gasteiger partial charge is 0.191 e. The number of rotatable bonds is 9. The molecule has 7 heteroatoms. The van der Waals surface area contributed by atoms with Gasteiger partial charge in [0.2, 0.25) is 0 Å². The maximum absolute atomic E-state index is 13.7. The molecule has 1 aliphatic carbocycles. The second kappa shape index (κ2) is 12.0. The second-order valence-electron chi connectivity index (χ2n) is 5.78. The number of aryl methyl sites for hydroxylation is 1. The van der Waals surface area contributed by atoms with E-state index < -0.39 is 0 Å². The average molecular weight is 514 g/mol. The highest BCUT2D eigenvalue weighted by Crippen LogP contribution is 2.28. The van der Waals surface area contributed by atoms with Crippen molar-refractivity contribution < 1.29 is 9.13 Å². The Labute approximate surface area is 169 Å². The van der Waals surface area contributed by atoms with Gasteiger partial charge in [0.25, 0.3) is 0 Å². The molecule has 0 saturated heterocycles. The van der Waals surface area contributed by atoms with Crippen LogP contribution in [0.25, 0.3) is 0 Å². The molecule has 1 aromatic carbocycles. The van der Waals surface area contributed by atoms with Crippen LogP contribution >= 0.6 is 39.9 Å². The Bertz CT molecular complexity index is 527. The number of guanidine groups is 1. The van der Waals surface area contributed by atoms with Crippen molar-refractivity contribution >= 4 is 45.9 Å². The Hall–Kier alpha value is -0.410. The largest absolute Gasteiger partial charge is 0.379 e. The Kier molecular flexibility index (Phi) is 10.8. The maximum Gasteiger partial charge on any atom is 0.191 e. The number of benzene rings is 1. The molecule has 0 amide bonds. The van der Waals surface area contributed by atoms with Crippen LogP contribution in [0.3, 0.4) is 0 Å². The van der Waals surface area contributed by atoms with Crippen molar-refractivity contribution in [1.82, 2.24) is 10.6 Å². The van der Waals surface area contributed by atoms with Crippen molar-refractivity contribution in [2.24, 2.45) is 10.9 Å². The predicted molar refractivity (Wildman–Crippen MR) is 111 cm³/mol. The lowest BCUT2D eigenvalue weighted by Gasteiger charge is -2.12. The van der Waals surface area contributed by atoms with E-state index in [1.165, 1.54) is 18.9 Å². The summed E-state index contributed by atoms with van der Waals surface area (Å²) in [4.78, 5) is 4.17. The molecule has 0 aliphatic heterocycles. The van der Waals surface area contributed by atoms with Crippen LogP contribution in [0.1, 0.15) is 24.8 Å². The second-order valence-corrected chi connectivity index (χ2v) is 6.70. The van der Waals surface area contributed by atoms with E-state index >= 15 is 0 Å². The van der Waals surface area contributed by atoms with Crippen LogP contribution < -0.4 is 10.6 Å². The third-order valence-corrected chi connectivity index (χ3v) is 4.24. The molecule has 136 valence electrons. The molecule has 0 aromatic heterocycles. The zero-order valence-electron chi connectivity index (χ0n) is 14.0. The lowest BCUT2D eigenvalue weighted by atomic mass is 10.1. The van der Waals surface area contributed by atoms with Crippen LogP contribution in [-0.2, 0) is 11.2 Å². The molecule has 2 rings (SSSR count). The summed E-state index contributed by atoms with van der Waals surface area (Å²) in [5.74, 6) is 1.40. The third kappa shape index (κ3) is 8.62. The van der Waals surface area contributed by atoms with E-state index in [0.717, 1.165) is 48.0 Å². The van der Waals surface area contributed by atoms with Crippen molar-refractivity contribution in [3.8, 4) is 0 Å². The van der Waals surface area contributed by atoms with Crippen LogP contribution in [0.15, 0.2) is 27.7 Å². The van der Waals surface area contributed by atoms with E-state index in [4.69, 9.17) is 4.74 Å². The molecule has 0 unspecified atom stereocenters. The Balaban J connectivity index is 0.00000288. The van der Waals surface area contributed by atoms with Crippen LogP contribution in [0.5, 0.6) is 0 Å². The van der Waals surface area contributed by atoms with Crippen molar-refractivity contribution in [1.29, 1.82) is 0 Å². The molecule has 24 heavy (non-hydrogen) atoms. The highest BCUT2D eigenvalue weighted by atomic mass is 127. The van der Waals surface area contributed by atoms with Gasteiger partial charge in [-0.25, -0.2) is 4.39 Å². The fraction of sp³-hybridized carbons (Fsp3) is 0.588. The van der Waals surface area contributed by atoms with Gasteiger partial charge in [-0.1, -0.05) is 22.0 Å². The lowest BCUT2D eigenvalue weighted by molar-refractivity contribution is 0.129. The number of hydrogen-bond acceptors (Lipinski definition) is 2. The minimum absolute atomic E-state index is 0. The van der Waals surface area contributed by atoms with E-state index in [9.17, 15) is 4.39 Å². The fourth-order valence-corrected chi connectivity index (χ4v) is 2.54. The molecular weight excluding hydrogens is 488 g/mol. The Morgan fingerprint density at radius 2 is 2.08 bits per heavy atom. The highest BCUT2D eigenvalue weighted by molar-refractivity contribution is 14.0. The van der Waals surface area contributed by atoms with Crippen molar-refractivity contribution in [3.05, 3.63) is 34.1 Å². The molecule has 1 aliphatic rings. The number of nitrogens with zero attached hydrogens (tertiary/aromatic N) is 1. The maximum atomic E-state index is 13.7. The van der Waals surface area contributed by atoms with E-state index in [1.807, 2.05) is 12.1 Å². The summed E-state index contributed by atoms with van der Waals surface area (Å²) in [6.45, 7) is 3.07. The summed E-state index contributed by atoms with van der Waals surface area (Å²) in [6.07, 6.45) is 4.18. The number of halogens is 3. The van der Waals surface area contributed by atoms with Gasteiger partial charge in [-0.15, -0.1) is 24.0 Å². The molecule has 0 heterocycles. The first kappa shape index (κ1) is 21.6. The van der Waals surface area contributed by atoms with Crippen LogP contribution in [0.2, 0.25) is 0 Å². The monoisotopic (exact) mass is 513 g/mol. The predicted octanol–water partition coefficient (Wildman–Crippen LogP) is 3.73. The SMILES string of the molecule is CN=C(NCCCc1ccc(Br)cc1F)NCCOCC1CC1.I. The zero-order valence-corrected chi connectivity index (χ0v) is 17.9. The first-order valence-electron chi connectivity index (χ1n) is 8.15. The van der Waals surface area contributed by atoms with Crippen LogP contribution in [0, 0.1) is 11.7 Å². The number of ether oxygens (including phenoxy) is 1. The number of nitrogens with one attached hydrogen (secondary N) is 2. The molecule has 2 N–H and O–H groups in total. The third-order valence-electron chi connectivity index (χ3n) is 3.74. The van der Waals surface area contributed by atoms with Gasteiger partial charge < -0.3 is 15.4 Å². The van der Waals surface area contributed by atoms with E-state index in [-0.39, 0.29) is 29.8 Å². The first-order valence-corrected chi connectivity index (χ1v) is 8.94. The van der Waals surface area contributed by atoms with Gasteiger partial charge in [0.1, 0.15) is 5.82 Å². The summed E-state index contributed by atoms with van der Waals surface area (Å²) in [7, 11) is 1.74. The van der Waals surface area contributed by atoms with Crippen molar-refractivity contribution in [2.75, 3.05) is 33.4 Å². The molecule has 0 bridgehead atoms. The molecule has 1 aromatic rings. The quantitative estimate of drug-likeness (QED) is 0.229. The first-order chi connectivity index (χ1) is 11.2. The lowest BCUT2D eigenvalue weighted by Crippen LogP contribution is -2.39. The number of aliphatic imine (C=N–C) groups is 1. The Morgan fingerprint density at radius 3 is 2.75 bits per heavy atom. The van der Waals surface area contributed by atoms with Crippen molar-refractivity contribution in [3.63, 3.8) is 0 Å². The van der Waals surface area contributed by atoms with Gasteiger partial charge in [0.05, 0.1) is 6.61 Å². The molecule has 0 radical (unpaired) electrons. The molecular formula is C17H26BrFIN3O. The van der Waals surface area contributed by atoms with Gasteiger partial charge in [-0.2, -0.15) is 0 Å². The highest BCUT2D eigenvalue weighted by Gasteiger charge is 2.20. The average Bonchev–Trinajstić information content (AvgIpc) is 3.35. The minimum Gasteiger partial charge on any atom is -0.379 e. The molecule has 0 spiro atoms. The normalized spacial score (nSPS) is 14.2. The van der Waals surface area contributed by atoms with Crippen LogP contribution in [0.4, 0.5) is 4.39 Å². The standard InChI is InChI=1S/C17H25BrFN3O.HI/c1-20-17(22-9-10-23-12-13-4-5-13)21-8-2-3-14-6-7-15(18)11-16(14)19;/h6-7,11,13H,2-5,8-10,12H2,1H3,(H2,20,21,22);1H. The minimum atomic E-state index is -0.158. The van der Waals surface area contributed by atoms with Crippen LogP contribution in [-0.4, -0.2) is 39.3 Å².